The Morgan fingerprint density at radius 2 is 2.08 bits per heavy atom. The molecule has 36 heavy (non-hydrogen) atoms. The van der Waals surface area contributed by atoms with E-state index in [9.17, 15) is 14.4 Å². The highest BCUT2D eigenvalue weighted by molar-refractivity contribution is 7.23. The van der Waals surface area contributed by atoms with Crippen LogP contribution in [0.5, 0.6) is 5.75 Å². The largest absolute Gasteiger partial charge is 0.494 e. The lowest BCUT2D eigenvalue weighted by molar-refractivity contribution is -0.127. The Labute approximate surface area is 212 Å². The fourth-order valence-electron chi connectivity index (χ4n) is 4.40. The zero-order valence-electron chi connectivity index (χ0n) is 18.8. The van der Waals surface area contributed by atoms with E-state index in [0.29, 0.717) is 24.7 Å². The molecular weight excluding hydrogens is 510 g/mol. The molecule has 4 aromatic rings. The Hall–Kier alpha value is -4.01. The quantitative estimate of drug-likeness (QED) is 0.384. The van der Waals surface area contributed by atoms with Crippen LogP contribution in [0.3, 0.4) is 0 Å². The molecule has 2 aromatic heterocycles. The molecule has 0 aliphatic carbocycles. The van der Waals surface area contributed by atoms with Crippen LogP contribution in [0.2, 0.25) is 5.02 Å². The number of nitrogens with zero attached hydrogens (tertiary/aromatic N) is 5. The summed E-state index contributed by atoms with van der Waals surface area (Å²) in [6, 6.07) is 5.73. The number of benzene rings is 2. The van der Waals surface area contributed by atoms with Crippen LogP contribution in [-0.4, -0.2) is 39.2 Å². The summed E-state index contributed by atoms with van der Waals surface area (Å²) in [5.41, 5.74) is 6.40. The van der Waals surface area contributed by atoms with E-state index in [1.54, 1.807) is 9.47 Å². The van der Waals surface area contributed by atoms with Gasteiger partial charge in [0.1, 0.15) is 28.5 Å². The number of carbonyl (C=O) groups excluding carboxylic acids is 1. The van der Waals surface area contributed by atoms with Crippen molar-refractivity contribution < 1.29 is 18.3 Å². The van der Waals surface area contributed by atoms with Gasteiger partial charge in [-0.3, -0.25) is 4.79 Å². The van der Waals surface area contributed by atoms with E-state index < -0.39 is 11.6 Å². The molecule has 0 saturated carbocycles. The standard InChI is InChI=1S/C24H17ClF2N6O2S/c1-3-17(34)32-6-7-33-16(10-32)30-31-24(33)12-8-15(27)19(20(25)21(12)35-2)11-4-5-14(26)22-18(11)13(9-28)23(29)36-22/h3-5,8H,1,6-7,10,29H2,2H3. The Morgan fingerprint density at radius 3 is 2.78 bits per heavy atom. The van der Waals surface area contributed by atoms with Crippen molar-refractivity contribution in [2.45, 2.75) is 13.1 Å². The van der Waals surface area contributed by atoms with Crippen LogP contribution in [0.1, 0.15) is 11.4 Å². The summed E-state index contributed by atoms with van der Waals surface area (Å²) in [6.07, 6.45) is 1.23. The number of thiophene rings is 1. The van der Waals surface area contributed by atoms with Gasteiger partial charge in [-0.25, -0.2) is 8.78 Å². The lowest BCUT2D eigenvalue weighted by Gasteiger charge is -2.27. The first-order chi connectivity index (χ1) is 17.3. The van der Waals surface area contributed by atoms with Crippen molar-refractivity contribution in [3.05, 3.63) is 58.9 Å². The van der Waals surface area contributed by atoms with E-state index in [1.807, 2.05) is 6.07 Å². The molecule has 2 N–H and O–H groups in total. The minimum atomic E-state index is -0.728. The van der Waals surface area contributed by atoms with E-state index in [0.717, 1.165) is 11.3 Å². The third-order valence-corrected chi connectivity index (χ3v) is 7.44. The molecular formula is C24H17ClF2N6O2S. The van der Waals surface area contributed by atoms with Crippen molar-refractivity contribution in [1.82, 2.24) is 19.7 Å². The first-order valence-electron chi connectivity index (χ1n) is 10.6. The summed E-state index contributed by atoms with van der Waals surface area (Å²) < 4.78 is 37.7. The van der Waals surface area contributed by atoms with Gasteiger partial charge in [-0.15, -0.1) is 21.5 Å². The number of nitrogens with two attached hydrogens (primary N) is 1. The lowest BCUT2D eigenvalue weighted by atomic mass is 9.96. The van der Waals surface area contributed by atoms with Crippen LogP contribution in [0.25, 0.3) is 32.6 Å². The average Bonchev–Trinajstić information content (AvgIpc) is 3.45. The number of rotatable bonds is 4. The van der Waals surface area contributed by atoms with E-state index in [2.05, 4.69) is 16.8 Å². The number of fused-ring (bicyclic) bond motifs is 2. The maximum absolute atomic E-state index is 15.8. The molecule has 0 radical (unpaired) electrons. The summed E-state index contributed by atoms with van der Waals surface area (Å²) in [6.45, 7) is 4.49. The molecule has 8 nitrogen and oxygen atoms in total. The number of nitriles is 1. The predicted molar refractivity (Wildman–Crippen MR) is 132 cm³/mol. The summed E-state index contributed by atoms with van der Waals surface area (Å²) >= 11 is 7.60. The number of hydrogen-bond acceptors (Lipinski definition) is 7. The zero-order valence-corrected chi connectivity index (χ0v) is 20.4. The van der Waals surface area contributed by atoms with Crippen LogP contribution in [0, 0.1) is 23.0 Å². The SMILES string of the molecule is C=CC(=O)N1CCn2c(nnc2-c2cc(F)c(-c3ccc(F)c4sc(N)c(C#N)c34)c(Cl)c2OC)C1. The highest BCUT2D eigenvalue weighted by atomic mass is 35.5. The van der Waals surface area contributed by atoms with E-state index in [1.165, 1.54) is 31.4 Å². The lowest BCUT2D eigenvalue weighted by Crippen LogP contribution is -2.37. The normalized spacial score (nSPS) is 12.9. The molecule has 3 heterocycles. The molecule has 0 atom stereocenters. The molecule has 0 spiro atoms. The maximum atomic E-state index is 15.8. The second kappa shape index (κ2) is 8.89. The first-order valence-corrected chi connectivity index (χ1v) is 11.8. The van der Waals surface area contributed by atoms with Crippen molar-refractivity contribution in [3.8, 4) is 34.3 Å². The molecule has 0 unspecified atom stereocenters. The smallest absolute Gasteiger partial charge is 0.246 e. The van der Waals surface area contributed by atoms with Gasteiger partial charge in [0.25, 0.3) is 0 Å². The molecule has 182 valence electrons. The molecule has 1 amide bonds. The van der Waals surface area contributed by atoms with E-state index >= 15 is 4.39 Å². The van der Waals surface area contributed by atoms with Crippen LogP contribution < -0.4 is 10.5 Å². The number of carbonyl (C=O) groups is 1. The van der Waals surface area contributed by atoms with E-state index in [4.69, 9.17) is 22.1 Å². The van der Waals surface area contributed by atoms with Crippen molar-refractivity contribution in [2.75, 3.05) is 19.4 Å². The van der Waals surface area contributed by atoms with Crippen LogP contribution in [0.4, 0.5) is 13.8 Å². The highest BCUT2D eigenvalue weighted by Crippen LogP contribution is 2.48. The Kier molecular flexibility index (Phi) is 5.86. The van der Waals surface area contributed by atoms with Crippen molar-refractivity contribution >= 4 is 43.9 Å². The second-order valence-electron chi connectivity index (χ2n) is 7.94. The topological polar surface area (TPSA) is 110 Å². The molecule has 5 rings (SSSR count). The third kappa shape index (κ3) is 3.49. The summed E-state index contributed by atoms with van der Waals surface area (Å²) in [5.74, 6) is -0.561. The number of ether oxygens (including phenoxy) is 1. The minimum absolute atomic E-state index is 0.0492. The summed E-state index contributed by atoms with van der Waals surface area (Å²) in [7, 11) is 1.38. The van der Waals surface area contributed by atoms with Crippen molar-refractivity contribution in [1.29, 1.82) is 5.26 Å². The van der Waals surface area contributed by atoms with Crippen LogP contribution in [-0.2, 0) is 17.9 Å². The van der Waals surface area contributed by atoms with Crippen molar-refractivity contribution in [2.24, 2.45) is 0 Å². The fourth-order valence-corrected chi connectivity index (χ4v) is 5.72. The van der Waals surface area contributed by atoms with Gasteiger partial charge in [0.15, 0.2) is 11.6 Å². The highest BCUT2D eigenvalue weighted by Gasteiger charge is 2.29. The molecule has 1 aliphatic heterocycles. The Balaban J connectivity index is 1.69. The molecule has 0 bridgehead atoms. The molecule has 2 aromatic carbocycles. The molecule has 12 heteroatoms. The number of halogens is 3. The number of anilines is 1. The number of nitrogen functional groups attached to an aromatic ring is 1. The molecule has 0 fully saturated rings. The Morgan fingerprint density at radius 1 is 1.31 bits per heavy atom. The van der Waals surface area contributed by atoms with Gasteiger partial charge in [-0.1, -0.05) is 24.2 Å². The van der Waals surface area contributed by atoms with Gasteiger partial charge in [0, 0.05) is 24.0 Å². The van der Waals surface area contributed by atoms with Gasteiger partial charge in [-0.05, 0) is 23.8 Å². The minimum Gasteiger partial charge on any atom is -0.494 e. The molecule has 0 saturated heterocycles. The van der Waals surface area contributed by atoms with Gasteiger partial charge >= 0.3 is 0 Å². The van der Waals surface area contributed by atoms with Gasteiger partial charge in [0.2, 0.25) is 5.91 Å². The number of amides is 1. The van der Waals surface area contributed by atoms with Crippen LogP contribution in [0.15, 0.2) is 30.9 Å². The van der Waals surface area contributed by atoms with Gasteiger partial charge in [-0.2, -0.15) is 5.26 Å². The monoisotopic (exact) mass is 526 g/mol. The maximum Gasteiger partial charge on any atom is 0.246 e. The van der Waals surface area contributed by atoms with Crippen LogP contribution >= 0.6 is 22.9 Å². The Bertz CT molecular complexity index is 1620. The summed E-state index contributed by atoms with van der Waals surface area (Å²) in [4.78, 5) is 13.6. The second-order valence-corrected chi connectivity index (χ2v) is 9.37. The fraction of sp³-hybridized carbons (Fsp3) is 0.167. The summed E-state index contributed by atoms with van der Waals surface area (Å²) in [5, 5.41) is 18.2. The van der Waals surface area contributed by atoms with Gasteiger partial charge < -0.3 is 19.9 Å². The van der Waals surface area contributed by atoms with E-state index in [-0.39, 0.29) is 60.6 Å². The predicted octanol–water partition coefficient (Wildman–Crippen LogP) is 4.75. The zero-order chi connectivity index (χ0) is 25.7. The van der Waals surface area contributed by atoms with Gasteiger partial charge in [0.05, 0.1) is 34.5 Å². The van der Waals surface area contributed by atoms with Crippen molar-refractivity contribution in [3.63, 3.8) is 0 Å². The molecule has 1 aliphatic rings. The first kappa shape index (κ1) is 23.7. The average molecular weight is 527 g/mol. The third-order valence-electron chi connectivity index (χ3n) is 6.06. The number of hydrogen-bond donors (Lipinski definition) is 1. The number of aromatic nitrogens is 3. The number of methoxy groups -OCH3 is 1.